The van der Waals surface area contributed by atoms with Gasteiger partial charge in [0.1, 0.15) is 5.76 Å². The van der Waals surface area contributed by atoms with E-state index in [9.17, 15) is 9.59 Å². The first-order chi connectivity index (χ1) is 12.2. The number of likely N-dealkylation sites (tertiary alicyclic amines) is 2. The van der Waals surface area contributed by atoms with Gasteiger partial charge in [0, 0.05) is 43.1 Å². The van der Waals surface area contributed by atoms with Crippen molar-refractivity contribution in [2.24, 2.45) is 5.41 Å². The Balaban J connectivity index is 1.62. The Morgan fingerprint density at radius 1 is 1.35 bits per heavy atom. The molecule has 0 aromatic carbocycles. The number of hydrogen-bond acceptors (Lipinski definition) is 5. The average Bonchev–Trinajstić information content (AvgIpc) is 3.22. The van der Waals surface area contributed by atoms with Crippen LogP contribution in [0.25, 0.3) is 0 Å². The van der Waals surface area contributed by atoms with Gasteiger partial charge in [-0.05, 0) is 41.2 Å². The Bertz CT molecular complexity index is 679. The topological polar surface area (TPSA) is 69.9 Å². The summed E-state index contributed by atoms with van der Waals surface area (Å²) in [4.78, 5) is 31.1. The summed E-state index contributed by atoms with van der Waals surface area (Å²) in [6.45, 7) is 11.1. The van der Waals surface area contributed by atoms with Gasteiger partial charge in [0.25, 0.3) is 0 Å². The Morgan fingerprint density at radius 3 is 2.69 bits per heavy atom. The van der Waals surface area contributed by atoms with Crippen LogP contribution in [0.5, 0.6) is 0 Å². The lowest BCUT2D eigenvalue weighted by Gasteiger charge is -2.26. The van der Waals surface area contributed by atoms with Crippen molar-refractivity contribution in [3.05, 3.63) is 17.0 Å². The average molecular weight is 362 g/mol. The highest BCUT2D eigenvalue weighted by molar-refractivity contribution is 5.81. The number of carbonyl (C=O) groups is 2. The molecule has 26 heavy (non-hydrogen) atoms. The van der Waals surface area contributed by atoms with Crippen LogP contribution >= 0.6 is 0 Å². The molecular formula is C19H30N4O3. The van der Waals surface area contributed by atoms with Crippen LogP contribution in [0, 0.1) is 19.3 Å². The van der Waals surface area contributed by atoms with Gasteiger partial charge in [-0.25, -0.2) is 0 Å². The summed E-state index contributed by atoms with van der Waals surface area (Å²) < 4.78 is 5.22. The van der Waals surface area contributed by atoms with E-state index in [0.29, 0.717) is 38.6 Å². The fourth-order valence-corrected chi connectivity index (χ4v) is 3.96. The summed E-state index contributed by atoms with van der Waals surface area (Å²) >= 11 is 0. The van der Waals surface area contributed by atoms with E-state index in [-0.39, 0.29) is 17.2 Å². The van der Waals surface area contributed by atoms with Crippen molar-refractivity contribution >= 4 is 11.8 Å². The molecule has 7 heteroatoms. The van der Waals surface area contributed by atoms with Crippen LogP contribution in [0.1, 0.15) is 43.7 Å². The van der Waals surface area contributed by atoms with Gasteiger partial charge in [0.2, 0.25) is 11.8 Å². The molecule has 1 spiro atoms. The minimum Gasteiger partial charge on any atom is -0.361 e. The molecule has 0 aliphatic carbocycles. The Labute approximate surface area is 155 Å². The van der Waals surface area contributed by atoms with E-state index in [4.69, 9.17) is 4.52 Å². The molecule has 7 nitrogen and oxygen atoms in total. The van der Waals surface area contributed by atoms with Crippen molar-refractivity contribution in [2.45, 2.75) is 53.1 Å². The second-order valence-electron chi connectivity index (χ2n) is 8.30. The summed E-state index contributed by atoms with van der Waals surface area (Å²) in [7, 11) is 1.97. The third kappa shape index (κ3) is 3.63. The van der Waals surface area contributed by atoms with Crippen molar-refractivity contribution in [3.8, 4) is 0 Å². The Hall–Kier alpha value is -1.89. The molecule has 1 aromatic rings. The largest absolute Gasteiger partial charge is 0.361 e. The number of carbonyl (C=O) groups excluding carboxylic acids is 2. The maximum absolute atomic E-state index is 12.6. The second-order valence-corrected chi connectivity index (χ2v) is 8.30. The molecule has 3 heterocycles. The van der Waals surface area contributed by atoms with Crippen LogP contribution in [0.3, 0.4) is 0 Å². The number of hydrogen-bond donors (Lipinski definition) is 0. The smallest absolute Gasteiger partial charge is 0.236 e. The molecule has 0 radical (unpaired) electrons. The zero-order valence-corrected chi connectivity index (χ0v) is 16.5. The van der Waals surface area contributed by atoms with Gasteiger partial charge >= 0.3 is 0 Å². The Morgan fingerprint density at radius 2 is 2.08 bits per heavy atom. The molecule has 2 aliphatic rings. The third-order valence-corrected chi connectivity index (χ3v) is 5.99. The highest BCUT2D eigenvalue weighted by Gasteiger charge is 2.48. The Kier molecular flexibility index (Phi) is 5.10. The van der Waals surface area contributed by atoms with Gasteiger partial charge in [-0.3, -0.25) is 14.5 Å². The third-order valence-electron chi connectivity index (χ3n) is 5.99. The summed E-state index contributed by atoms with van der Waals surface area (Å²) in [5, 5.41) is 3.98. The van der Waals surface area contributed by atoms with Crippen molar-refractivity contribution < 1.29 is 14.1 Å². The van der Waals surface area contributed by atoms with E-state index in [1.165, 1.54) is 0 Å². The summed E-state index contributed by atoms with van der Waals surface area (Å²) in [6.07, 6.45) is 1.42. The number of nitrogens with zero attached hydrogens (tertiary/aromatic N) is 4. The van der Waals surface area contributed by atoms with E-state index in [0.717, 1.165) is 30.0 Å². The lowest BCUT2D eigenvalue weighted by molar-refractivity contribution is -0.132. The fraction of sp³-hybridized carbons (Fsp3) is 0.737. The minimum absolute atomic E-state index is 0.0951. The SMILES string of the molecule is Cc1noc(C)c1CN1CC2(CCN(C(=O)CN(C)C(C)C)C2)CC1=O. The summed E-state index contributed by atoms with van der Waals surface area (Å²) in [5.41, 5.74) is 1.75. The van der Waals surface area contributed by atoms with Gasteiger partial charge in [-0.15, -0.1) is 0 Å². The molecule has 2 saturated heterocycles. The molecular weight excluding hydrogens is 332 g/mol. The minimum atomic E-state index is -0.0951. The monoisotopic (exact) mass is 362 g/mol. The van der Waals surface area contributed by atoms with Crippen molar-refractivity contribution in [2.75, 3.05) is 33.2 Å². The molecule has 1 atom stereocenters. The van der Waals surface area contributed by atoms with E-state index < -0.39 is 0 Å². The van der Waals surface area contributed by atoms with E-state index in [1.54, 1.807) is 0 Å². The number of likely N-dealkylation sites (N-methyl/N-ethyl adjacent to an activating group) is 1. The van der Waals surface area contributed by atoms with Crippen LogP contribution in [-0.2, 0) is 16.1 Å². The summed E-state index contributed by atoms with van der Waals surface area (Å²) in [6, 6.07) is 0.342. The summed E-state index contributed by atoms with van der Waals surface area (Å²) in [5.74, 6) is 1.10. The zero-order chi connectivity index (χ0) is 19.1. The predicted octanol–water partition coefficient (Wildman–Crippen LogP) is 1.58. The van der Waals surface area contributed by atoms with Gasteiger partial charge in [-0.2, -0.15) is 0 Å². The quantitative estimate of drug-likeness (QED) is 0.795. The van der Waals surface area contributed by atoms with Gasteiger partial charge in [0.05, 0.1) is 18.8 Å². The first kappa shape index (κ1) is 18.9. The maximum Gasteiger partial charge on any atom is 0.236 e. The lowest BCUT2D eigenvalue weighted by Crippen LogP contribution is -2.41. The van der Waals surface area contributed by atoms with Crippen molar-refractivity contribution in [3.63, 3.8) is 0 Å². The standard InChI is InChI=1S/C19H30N4O3/c1-13(2)21(5)10-18(25)22-7-6-19(11-22)8-17(24)23(12-19)9-16-14(3)20-26-15(16)4/h13H,6-12H2,1-5H3. The molecule has 0 saturated carbocycles. The molecule has 0 bridgehead atoms. The fourth-order valence-electron chi connectivity index (χ4n) is 3.96. The van der Waals surface area contributed by atoms with Crippen LogP contribution in [-0.4, -0.2) is 70.9 Å². The molecule has 1 aromatic heterocycles. The van der Waals surface area contributed by atoms with E-state index in [2.05, 4.69) is 23.9 Å². The van der Waals surface area contributed by atoms with Crippen LogP contribution in [0.2, 0.25) is 0 Å². The molecule has 3 rings (SSSR count). The molecule has 2 aliphatic heterocycles. The highest BCUT2D eigenvalue weighted by atomic mass is 16.5. The second kappa shape index (κ2) is 7.02. The van der Waals surface area contributed by atoms with Gasteiger partial charge < -0.3 is 14.3 Å². The van der Waals surface area contributed by atoms with Crippen molar-refractivity contribution in [1.29, 1.82) is 0 Å². The number of aryl methyl sites for hydroxylation is 2. The number of rotatable bonds is 5. The van der Waals surface area contributed by atoms with E-state index >= 15 is 0 Å². The number of amides is 2. The van der Waals surface area contributed by atoms with Crippen LogP contribution < -0.4 is 0 Å². The van der Waals surface area contributed by atoms with Crippen LogP contribution in [0.4, 0.5) is 0 Å². The maximum atomic E-state index is 12.6. The lowest BCUT2D eigenvalue weighted by atomic mass is 9.86. The predicted molar refractivity (Wildman–Crippen MR) is 97.4 cm³/mol. The highest BCUT2D eigenvalue weighted by Crippen LogP contribution is 2.41. The molecule has 2 amide bonds. The normalized spacial score (nSPS) is 23.3. The first-order valence-electron chi connectivity index (χ1n) is 9.38. The molecule has 0 N–H and O–H groups in total. The van der Waals surface area contributed by atoms with E-state index in [1.807, 2.05) is 30.7 Å². The van der Waals surface area contributed by atoms with Gasteiger partial charge in [-0.1, -0.05) is 5.16 Å². The first-order valence-corrected chi connectivity index (χ1v) is 9.38. The zero-order valence-electron chi connectivity index (χ0n) is 16.5. The molecule has 2 fully saturated rings. The molecule has 144 valence electrons. The van der Waals surface area contributed by atoms with Crippen LogP contribution in [0.15, 0.2) is 4.52 Å². The molecule has 1 unspecified atom stereocenters. The van der Waals surface area contributed by atoms with Gasteiger partial charge in [0.15, 0.2) is 0 Å². The van der Waals surface area contributed by atoms with Crippen molar-refractivity contribution in [1.82, 2.24) is 19.9 Å². The number of aromatic nitrogens is 1.